The van der Waals surface area contributed by atoms with E-state index in [-0.39, 0.29) is 11.0 Å². The Bertz CT molecular complexity index is 430. The molecule has 0 aliphatic carbocycles. The molecule has 2 nitrogen and oxygen atoms in total. The normalized spacial score (nSPS) is 12.2. The van der Waals surface area contributed by atoms with Crippen LogP contribution in [0.2, 0.25) is 0 Å². The molecule has 0 radical (unpaired) electrons. The molecule has 1 N–H and O–H groups in total. The van der Waals surface area contributed by atoms with Crippen molar-refractivity contribution in [2.24, 2.45) is 0 Å². The lowest BCUT2D eigenvalue weighted by molar-refractivity contribution is 0.231. The van der Waals surface area contributed by atoms with E-state index in [9.17, 15) is 0 Å². The minimum absolute atomic E-state index is 0.0649. The molecule has 0 saturated heterocycles. The van der Waals surface area contributed by atoms with E-state index in [1.807, 2.05) is 0 Å². The van der Waals surface area contributed by atoms with E-state index in [0.29, 0.717) is 0 Å². The van der Waals surface area contributed by atoms with Crippen LogP contribution in [-0.2, 0) is 5.41 Å². The standard InChI is InChI=1S/C17H28N2/c1-13(19(8)17(5,6)7)18-15-11-9-14(10-12-15)16(2,3)4/h9-12,18H,1H2,2-8H3. The van der Waals surface area contributed by atoms with Gasteiger partial charge in [-0.25, -0.2) is 0 Å². The van der Waals surface area contributed by atoms with Crippen molar-refractivity contribution in [2.75, 3.05) is 12.4 Å². The summed E-state index contributed by atoms with van der Waals surface area (Å²) in [6.07, 6.45) is 0. The largest absolute Gasteiger partial charge is 0.357 e. The number of hydrogen-bond acceptors (Lipinski definition) is 2. The maximum Gasteiger partial charge on any atom is 0.0985 e. The van der Waals surface area contributed by atoms with Crippen molar-refractivity contribution in [3.63, 3.8) is 0 Å². The summed E-state index contributed by atoms with van der Waals surface area (Å²) in [4.78, 5) is 2.14. The Kier molecular flexibility index (Phi) is 4.34. The molecule has 1 aromatic carbocycles. The number of nitrogens with one attached hydrogen (secondary N) is 1. The maximum absolute atomic E-state index is 4.10. The average Bonchev–Trinajstić information content (AvgIpc) is 2.26. The average molecular weight is 260 g/mol. The zero-order valence-corrected chi connectivity index (χ0v) is 13.5. The molecule has 0 spiro atoms. The Morgan fingerprint density at radius 3 is 1.84 bits per heavy atom. The van der Waals surface area contributed by atoms with Gasteiger partial charge in [0.2, 0.25) is 0 Å². The van der Waals surface area contributed by atoms with E-state index in [2.05, 4.69) is 89.7 Å². The molecule has 0 bridgehead atoms. The van der Waals surface area contributed by atoms with E-state index in [4.69, 9.17) is 0 Å². The van der Waals surface area contributed by atoms with Crippen molar-refractivity contribution in [1.29, 1.82) is 0 Å². The van der Waals surface area contributed by atoms with Gasteiger partial charge in [-0.3, -0.25) is 0 Å². The molecule has 0 aromatic heterocycles. The molecular weight excluding hydrogens is 232 g/mol. The van der Waals surface area contributed by atoms with Crippen LogP contribution in [0.5, 0.6) is 0 Å². The van der Waals surface area contributed by atoms with E-state index < -0.39 is 0 Å². The first-order valence-corrected chi connectivity index (χ1v) is 6.82. The van der Waals surface area contributed by atoms with Crippen LogP contribution in [0, 0.1) is 0 Å². The minimum Gasteiger partial charge on any atom is -0.357 e. The first kappa shape index (κ1) is 15.6. The molecule has 0 amide bonds. The molecule has 0 atom stereocenters. The fourth-order valence-corrected chi connectivity index (χ4v) is 1.71. The van der Waals surface area contributed by atoms with Gasteiger partial charge in [0.15, 0.2) is 0 Å². The summed E-state index contributed by atoms with van der Waals surface area (Å²) >= 11 is 0. The van der Waals surface area contributed by atoms with Gasteiger partial charge < -0.3 is 10.2 Å². The summed E-state index contributed by atoms with van der Waals surface area (Å²) in [6.45, 7) is 17.3. The van der Waals surface area contributed by atoms with Crippen molar-refractivity contribution < 1.29 is 0 Å². The Morgan fingerprint density at radius 2 is 1.47 bits per heavy atom. The Labute approximate surface area is 118 Å². The first-order chi connectivity index (χ1) is 8.51. The molecule has 0 aliphatic heterocycles. The highest BCUT2D eigenvalue weighted by Crippen LogP contribution is 2.24. The summed E-state index contributed by atoms with van der Waals surface area (Å²) in [6, 6.07) is 8.57. The van der Waals surface area contributed by atoms with Crippen LogP contribution in [0.1, 0.15) is 47.1 Å². The molecule has 0 unspecified atom stereocenters. The van der Waals surface area contributed by atoms with Crippen molar-refractivity contribution in [2.45, 2.75) is 52.5 Å². The van der Waals surface area contributed by atoms with Crippen LogP contribution in [0.3, 0.4) is 0 Å². The summed E-state index contributed by atoms with van der Waals surface area (Å²) < 4.78 is 0. The lowest BCUT2D eigenvalue weighted by atomic mass is 9.87. The highest BCUT2D eigenvalue weighted by molar-refractivity contribution is 5.49. The fourth-order valence-electron chi connectivity index (χ4n) is 1.71. The van der Waals surface area contributed by atoms with Gasteiger partial charge in [0.1, 0.15) is 0 Å². The van der Waals surface area contributed by atoms with Crippen LogP contribution in [0.4, 0.5) is 5.69 Å². The SMILES string of the molecule is C=C(Nc1ccc(C(C)(C)C)cc1)N(C)C(C)(C)C. The minimum atomic E-state index is 0.0649. The summed E-state index contributed by atoms with van der Waals surface area (Å²) in [5, 5.41) is 3.36. The van der Waals surface area contributed by atoms with E-state index in [1.165, 1.54) is 5.56 Å². The lowest BCUT2D eigenvalue weighted by Gasteiger charge is -2.35. The van der Waals surface area contributed by atoms with Gasteiger partial charge in [0.25, 0.3) is 0 Å². The van der Waals surface area contributed by atoms with Gasteiger partial charge in [0.05, 0.1) is 5.82 Å². The maximum atomic E-state index is 4.10. The number of benzene rings is 1. The first-order valence-electron chi connectivity index (χ1n) is 6.82. The van der Waals surface area contributed by atoms with E-state index in [1.54, 1.807) is 0 Å². The molecule has 2 heteroatoms. The van der Waals surface area contributed by atoms with Crippen molar-refractivity contribution in [3.05, 3.63) is 42.2 Å². The summed E-state index contributed by atoms with van der Waals surface area (Å²) in [5.74, 6) is 0.913. The monoisotopic (exact) mass is 260 g/mol. The molecule has 0 heterocycles. The third-order valence-corrected chi connectivity index (χ3v) is 3.45. The van der Waals surface area contributed by atoms with Crippen molar-refractivity contribution >= 4 is 5.69 Å². The topological polar surface area (TPSA) is 15.3 Å². The second-order valence-corrected chi connectivity index (χ2v) is 7.13. The van der Waals surface area contributed by atoms with Crippen molar-refractivity contribution in [3.8, 4) is 0 Å². The molecule has 0 saturated carbocycles. The summed E-state index contributed by atoms with van der Waals surface area (Å²) in [7, 11) is 2.05. The highest BCUT2D eigenvalue weighted by atomic mass is 15.3. The zero-order chi connectivity index (χ0) is 14.8. The number of rotatable bonds is 3. The Morgan fingerprint density at radius 1 is 1.00 bits per heavy atom. The van der Waals surface area contributed by atoms with Crippen LogP contribution in [-0.4, -0.2) is 17.5 Å². The van der Waals surface area contributed by atoms with E-state index in [0.717, 1.165) is 11.5 Å². The van der Waals surface area contributed by atoms with E-state index >= 15 is 0 Å². The molecule has 1 rings (SSSR count). The van der Waals surface area contributed by atoms with Gasteiger partial charge in [-0.15, -0.1) is 0 Å². The lowest BCUT2D eigenvalue weighted by Crippen LogP contribution is -2.39. The van der Waals surface area contributed by atoms with Gasteiger partial charge in [-0.1, -0.05) is 39.5 Å². The Hall–Kier alpha value is -1.44. The third kappa shape index (κ3) is 4.30. The number of nitrogens with zero attached hydrogens (tertiary/aromatic N) is 1. The second kappa shape index (κ2) is 5.28. The van der Waals surface area contributed by atoms with Crippen LogP contribution >= 0.6 is 0 Å². The highest BCUT2D eigenvalue weighted by Gasteiger charge is 2.18. The van der Waals surface area contributed by atoms with Gasteiger partial charge in [0, 0.05) is 18.3 Å². The summed E-state index contributed by atoms with van der Waals surface area (Å²) in [5.41, 5.74) is 2.68. The van der Waals surface area contributed by atoms with Gasteiger partial charge in [-0.2, -0.15) is 0 Å². The molecule has 19 heavy (non-hydrogen) atoms. The van der Waals surface area contributed by atoms with Gasteiger partial charge in [-0.05, 0) is 43.9 Å². The third-order valence-electron chi connectivity index (χ3n) is 3.45. The van der Waals surface area contributed by atoms with Gasteiger partial charge >= 0.3 is 0 Å². The van der Waals surface area contributed by atoms with Crippen molar-refractivity contribution in [1.82, 2.24) is 4.90 Å². The predicted molar refractivity (Wildman–Crippen MR) is 85.4 cm³/mol. The molecule has 0 aliphatic rings. The smallest absolute Gasteiger partial charge is 0.0985 e. The molecule has 106 valence electrons. The quantitative estimate of drug-likeness (QED) is 0.854. The Balaban J connectivity index is 2.77. The fraction of sp³-hybridized carbons (Fsp3) is 0.529. The zero-order valence-electron chi connectivity index (χ0n) is 13.5. The molecule has 1 aromatic rings. The number of anilines is 1. The van der Waals surface area contributed by atoms with Crippen LogP contribution < -0.4 is 5.32 Å². The molecule has 0 fully saturated rings. The second-order valence-electron chi connectivity index (χ2n) is 7.13. The van der Waals surface area contributed by atoms with Crippen LogP contribution in [0.25, 0.3) is 0 Å². The number of hydrogen-bond donors (Lipinski definition) is 1. The molecular formula is C17H28N2. The van der Waals surface area contributed by atoms with Crippen LogP contribution in [0.15, 0.2) is 36.7 Å². The predicted octanol–water partition coefficient (Wildman–Crippen LogP) is 4.60.